The molecule has 1 aromatic rings. The number of benzene rings is 1. The Bertz CT molecular complexity index is 633. The lowest BCUT2D eigenvalue weighted by molar-refractivity contribution is -0.144. The summed E-state index contributed by atoms with van der Waals surface area (Å²) in [7, 11) is 3.08. The molecule has 0 spiro atoms. The lowest BCUT2D eigenvalue weighted by Crippen LogP contribution is -2.40. The van der Waals surface area contributed by atoms with Gasteiger partial charge in [-0.1, -0.05) is 19.1 Å². The van der Waals surface area contributed by atoms with Crippen LogP contribution in [0.5, 0.6) is 5.75 Å². The van der Waals surface area contributed by atoms with Crippen molar-refractivity contribution in [3.63, 3.8) is 0 Å². The van der Waals surface area contributed by atoms with Crippen molar-refractivity contribution in [1.29, 1.82) is 0 Å². The van der Waals surface area contributed by atoms with E-state index in [9.17, 15) is 4.79 Å². The monoisotopic (exact) mass is 491 g/mol. The van der Waals surface area contributed by atoms with Crippen LogP contribution in [0.2, 0.25) is 0 Å². The molecule has 1 saturated heterocycles. The average Bonchev–Trinajstić information content (AvgIpc) is 3.15. The standard InChI is InChI=1S/C19H29N3O4.HI/c1-13-5-6-15(17(9-13)26-16-7-8-25-12-16)11-22-19(20-3)21-10-14(2)18(23)24-4;/h5-6,9,14,16H,7-8,10-12H2,1-4H3,(H2,20,21,22);1H. The largest absolute Gasteiger partial charge is 0.488 e. The molecular weight excluding hydrogens is 461 g/mol. The number of rotatable bonds is 7. The summed E-state index contributed by atoms with van der Waals surface area (Å²) < 4.78 is 16.2. The van der Waals surface area contributed by atoms with Crippen molar-refractivity contribution in [2.45, 2.75) is 32.9 Å². The normalized spacial score (nSPS) is 17.6. The van der Waals surface area contributed by atoms with Crippen molar-refractivity contribution in [2.75, 3.05) is 33.9 Å². The van der Waals surface area contributed by atoms with Gasteiger partial charge >= 0.3 is 5.97 Å². The zero-order valence-corrected chi connectivity index (χ0v) is 18.7. The van der Waals surface area contributed by atoms with Gasteiger partial charge in [-0.15, -0.1) is 24.0 Å². The second-order valence-electron chi connectivity index (χ2n) is 6.45. The number of aliphatic imine (C=N–C) groups is 1. The van der Waals surface area contributed by atoms with Crippen molar-refractivity contribution in [3.05, 3.63) is 29.3 Å². The number of esters is 1. The topological polar surface area (TPSA) is 81.2 Å². The Labute approximate surface area is 178 Å². The first-order valence-corrected chi connectivity index (χ1v) is 8.89. The molecule has 1 aliphatic heterocycles. The molecule has 0 saturated carbocycles. The summed E-state index contributed by atoms with van der Waals surface area (Å²) in [5, 5.41) is 6.39. The highest BCUT2D eigenvalue weighted by atomic mass is 127. The predicted molar refractivity (Wildman–Crippen MR) is 116 cm³/mol. The van der Waals surface area contributed by atoms with Gasteiger partial charge in [-0.05, 0) is 18.6 Å². The maximum atomic E-state index is 11.5. The van der Waals surface area contributed by atoms with Crippen molar-refractivity contribution >= 4 is 35.9 Å². The van der Waals surface area contributed by atoms with E-state index in [1.807, 2.05) is 19.9 Å². The highest BCUT2D eigenvalue weighted by molar-refractivity contribution is 14.0. The van der Waals surface area contributed by atoms with Crippen LogP contribution < -0.4 is 15.4 Å². The van der Waals surface area contributed by atoms with Crippen LogP contribution in [0.3, 0.4) is 0 Å². The summed E-state index contributed by atoms with van der Waals surface area (Å²) in [6.45, 7) is 6.25. The fraction of sp³-hybridized carbons (Fsp3) is 0.579. The summed E-state index contributed by atoms with van der Waals surface area (Å²) in [6.07, 6.45) is 1.02. The van der Waals surface area contributed by atoms with E-state index in [-0.39, 0.29) is 42.0 Å². The predicted octanol–water partition coefficient (Wildman–Crippen LogP) is 2.25. The molecule has 152 valence electrons. The molecule has 0 bridgehead atoms. The second kappa shape index (κ2) is 12.0. The number of methoxy groups -OCH3 is 1. The Kier molecular flexibility index (Phi) is 10.5. The lowest BCUT2D eigenvalue weighted by Gasteiger charge is -2.18. The number of nitrogens with one attached hydrogen (secondary N) is 2. The zero-order chi connectivity index (χ0) is 18.9. The Morgan fingerprint density at radius 3 is 2.81 bits per heavy atom. The molecule has 8 heteroatoms. The van der Waals surface area contributed by atoms with E-state index < -0.39 is 0 Å². The van der Waals surface area contributed by atoms with Crippen LogP contribution in [-0.4, -0.2) is 51.9 Å². The van der Waals surface area contributed by atoms with Crippen molar-refractivity contribution in [2.24, 2.45) is 10.9 Å². The van der Waals surface area contributed by atoms with Crippen LogP contribution in [0.4, 0.5) is 0 Å². The Morgan fingerprint density at radius 2 is 2.19 bits per heavy atom. The second-order valence-corrected chi connectivity index (χ2v) is 6.45. The molecule has 1 aliphatic rings. The van der Waals surface area contributed by atoms with Gasteiger partial charge in [0.2, 0.25) is 0 Å². The Hall–Kier alpha value is -1.55. The zero-order valence-electron chi connectivity index (χ0n) is 16.4. The molecule has 27 heavy (non-hydrogen) atoms. The minimum Gasteiger partial charge on any atom is -0.488 e. The summed E-state index contributed by atoms with van der Waals surface area (Å²) in [5.74, 6) is 0.989. The first-order valence-electron chi connectivity index (χ1n) is 8.89. The number of hydrogen-bond donors (Lipinski definition) is 2. The number of aryl methyl sites for hydroxylation is 1. The van der Waals surface area contributed by atoms with Crippen LogP contribution in [0.1, 0.15) is 24.5 Å². The van der Waals surface area contributed by atoms with Crippen LogP contribution in [0.15, 0.2) is 23.2 Å². The van der Waals surface area contributed by atoms with Gasteiger partial charge in [0.25, 0.3) is 0 Å². The van der Waals surface area contributed by atoms with E-state index in [4.69, 9.17) is 14.2 Å². The minimum atomic E-state index is -0.251. The highest BCUT2D eigenvalue weighted by Gasteiger charge is 2.19. The molecular formula is C19H30IN3O4. The van der Waals surface area contributed by atoms with Crippen LogP contribution in [-0.2, 0) is 20.8 Å². The van der Waals surface area contributed by atoms with Gasteiger partial charge in [0.1, 0.15) is 11.9 Å². The molecule has 1 fully saturated rings. The van der Waals surface area contributed by atoms with Gasteiger partial charge in [-0.3, -0.25) is 9.79 Å². The van der Waals surface area contributed by atoms with Crippen molar-refractivity contribution < 1.29 is 19.0 Å². The molecule has 2 N–H and O–H groups in total. The minimum absolute atomic E-state index is 0. The SMILES string of the molecule is CN=C(NCc1ccc(C)cc1OC1CCOC1)NCC(C)C(=O)OC.I. The van der Waals surface area contributed by atoms with E-state index in [0.29, 0.717) is 25.7 Å². The third-order valence-corrected chi connectivity index (χ3v) is 4.25. The van der Waals surface area contributed by atoms with Gasteiger partial charge in [0, 0.05) is 32.1 Å². The molecule has 1 aromatic carbocycles. The van der Waals surface area contributed by atoms with E-state index >= 15 is 0 Å². The first-order chi connectivity index (χ1) is 12.5. The lowest BCUT2D eigenvalue weighted by atomic mass is 10.1. The smallest absolute Gasteiger partial charge is 0.310 e. The molecule has 7 nitrogen and oxygen atoms in total. The fourth-order valence-electron chi connectivity index (χ4n) is 2.64. The molecule has 2 rings (SSSR count). The number of halogens is 1. The quantitative estimate of drug-likeness (QED) is 0.264. The molecule has 0 radical (unpaired) electrons. The van der Waals surface area contributed by atoms with Gasteiger partial charge in [0.15, 0.2) is 5.96 Å². The number of guanidine groups is 1. The number of carbonyl (C=O) groups is 1. The Morgan fingerprint density at radius 1 is 1.41 bits per heavy atom. The summed E-state index contributed by atoms with van der Waals surface area (Å²) >= 11 is 0. The fourth-order valence-corrected chi connectivity index (χ4v) is 2.64. The third-order valence-electron chi connectivity index (χ3n) is 4.25. The average molecular weight is 491 g/mol. The van der Waals surface area contributed by atoms with E-state index in [1.54, 1.807) is 7.05 Å². The Balaban J connectivity index is 0.00000364. The van der Waals surface area contributed by atoms with Gasteiger partial charge < -0.3 is 24.8 Å². The van der Waals surface area contributed by atoms with Crippen LogP contribution >= 0.6 is 24.0 Å². The van der Waals surface area contributed by atoms with Crippen LogP contribution in [0.25, 0.3) is 0 Å². The van der Waals surface area contributed by atoms with Crippen molar-refractivity contribution in [1.82, 2.24) is 10.6 Å². The first kappa shape index (κ1) is 23.5. The number of carbonyl (C=O) groups excluding carboxylic acids is 1. The maximum absolute atomic E-state index is 11.5. The van der Waals surface area contributed by atoms with E-state index in [1.165, 1.54) is 7.11 Å². The maximum Gasteiger partial charge on any atom is 0.310 e. The van der Waals surface area contributed by atoms with Gasteiger partial charge in [0.05, 0.1) is 26.2 Å². The van der Waals surface area contributed by atoms with Gasteiger partial charge in [-0.2, -0.15) is 0 Å². The third kappa shape index (κ3) is 7.53. The summed E-state index contributed by atoms with van der Waals surface area (Å²) in [6, 6.07) is 6.16. The van der Waals surface area contributed by atoms with Gasteiger partial charge in [-0.25, -0.2) is 0 Å². The number of hydrogen-bond acceptors (Lipinski definition) is 5. The molecule has 1 heterocycles. The summed E-state index contributed by atoms with van der Waals surface area (Å²) in [4.78, 5) is 15.7. The number of nitrogens with zero attached hydrogens (tertiary/aromatic N) is 1. The van der Waals surface area contributed by atoms with E-state index in [0.717, 1.165) is 29.9 Å². The molecule has 0 aromatic heterocycles. The number of ether oxygens (including phenoxy) is 3. The van der Waals surface area contributed by atoms with Crippen molar-refractivity contribution in [3.8, 4) is 5.75 Å². The molecule has 0 aliphatic carbocycles. The van der Waals surface area contributed by atoms with E-state index in [2.05, 4.69) is 27.8 Å². The molecule has 2 unspecified atom stereocenters. The summed E-state index contributed by atoms with van der Waals surface area (Å²) in [5.41, 5.74) is 2.20. The highest BCUT2D eigenvalue weighted by Crippen LogP contribution is 2.23. The molecule has 0 amide bonds. The molecule has 2 atom stereocenters. The van der Waals surface area contributed by atoms with Crippen LogP contribution in [0, 0.1) is 12.8 Å².